The fourth-order valence-corrected chi connectivity index (χ4v) is 3.13. The number of hydrogen-bond donors (Lipinski definition) is 1. The molecule has 0 spiro atoms. The fourth-order valence-electron chi connectivity index (χ4n) is 3.13. The molecular formula is C14H24N2O. The van der Waals surface area contributed by atoms with E-state index in [4.69, 9.17) is 5.73 Å². The van der Waals surface area contributed by atoms with Crippen molar-refractivity contribution in [3.05, 3.63) is 12.2 Å². The third-order valence-electron chi connectivity index (χ3n) is 4.19. The average Bonchev–Trinajstić information content (AvgIpc) is 2.89. The van der Waals surface area contributed by atoms with Crippen molar-refractivity contribution >= 4 is 5.91 Å². The highest BCUT2D eigenvalue weighted by atomic mass is 16.2. The highest BCUT2D eigenvalue weighted by Gasteiger charge is 2.41. The first-order chi connectivity index (χ1) is 7.93. The highest BCUT2D eigenvalue weighted by Crippen LogP contribution is 2.44. The maximum Gasteiger partial charge on any atom is 0.226 e. The number of fused-ring (bicyclic) bond motifs is 2. The predicted octanol–water partition coefficient (Wildman–Crippen LogP) is 1.64. The Bertz CT molecular complexity index is 335. The molecule has 96 valence electrons. The van der Waals surface area contributed by atoms with Gasteiger partial charge in [0.25, 0.3) is 0 Å². The van der Waals surface area contributed by atoms with Crippen molar-refractivity contribution in [3.63, 3.8) is 0 Å². The molecule has 2 aliphatic carbocycles. The Morgan fingerprint density at radius 3 is 2.59 bits per heavy atom. The van der Waals surface area contributed by atoms with E-state index in [1.807, 2.05) is 11.9 Å². The van der Waals surface area contributed by atoms with Gasteiger partial charge in [-0.15, -0.1) is 0 Å². The molecule has 2 rings (SSSR count). The molecule has 0 radical (unpaired) electrons. The first-order valence-electron chi connectivity index (χ1n) is 6.56. The second kappa shape index (κ2) is 4.45. The van der Waals surface area contributed by atoms with Crippen LogP contribution in [0, 0.1) is 23.2 Å². The largest absolute Gasteiger partial charge is 0.345 e. The van der Waals surface area contributed by atoms with Crippen molar-refractivity contribution in [1.29, 1.82) is 0 Å². The van der Waals surface area contributed by atoms with Gasteiger partial charge in [-0.2, -0.15) is 0 Å². The maximum absolute atomic E-state index is 12.4. The highest BCUT2D eigenvalue weighted by molar-refractivity contribution is 5.80. The second-order valence-electron chi connectivity index (χ2n) is 6.45. The SMILES string of the molecule is CN(CC(C)(C)CN)C(=O)C1CC2C=CC1C2. The Balaban J connectivity index is 1.94. The van der Waals surface area contributed by atoms with Crippen LogP contribution in [0.15, 0.2) is 12.2 Å². The Morgan fingerprint density at radius 2 is 2.12 bits per heavy atom. The third-order valence-corrected chi connectivity index (χ3v) is 4.19. The van der Waals surface area contributed by atoms with Crippen LogP contribution in [-0.2, 0) is 4.79 Å². The standard InChI is InChI=1S/C14H24N2O/c1-14(2,8-15)9-16(3)13(17)12-7-10-4-5-11(12)6-10/h4-5,10-12H,6-9,15H2,1-3H3. The molecule has 0 heterocycles. The van der Waals surface area contributed by atoms with E-state index in [1.54, 1.807) is 0 Å². The number of amides is 1. The molecule has 2 N–H and O–H groups in total. The summed E-state index contributed by atoms with van der Waals surface area (Å²) < 4.78 is 0. The van der Waals surface area contributed by atoms with Gasteiger partial charge in [0, 0.05) is 19.5 Å². The summed E-state index contributed by atoms with van der Waals surface area (Å²) in [5.74, 6) is 1.69. The Kier molecular flexibility index (Phi) is 3.30. The zero-order valence-corrected chi connectivity index (χ0v) is 11.1. The summed E-state index contributed by atoms with van der Waals surface area (Å²) in [6.45, 7) is 5.58. The van der Waals surface area contributed by atoms with Gasteiger partial charge in [-0.1, -0.05) is 26.0 Å². The van der Waals surface area contributed by atoms with Crippen LogP contribution in [0.1, 0.15) is 26.7 Å². The minimum absolute atomic E-state index is 0.0118. The third kappa shape index (κ3) is 2.54. The first kappa shape index (κ1) is 12.6. The van der Waals surface area contributed by atoms with Crippen LogP contribution in [0.5, 0.6) is 0 Å². The van der Waals surface area contributed by atoms with Crippen molar-refractivity contribution < 1.29 is 4.79 Å². The molecule has 3 atom stereocenters. The smallest absolute Gasteiger partial charge is 0.226 e. The summed E-state index contributed by atoms with van der Waals surface area (Å²) in [5, 5.41) is 0. The lowest BCUT2D eigenvalue weighted by Gasteiger charge is -2.32. The van der Waals surface area contributed by atoms with Gasteiger partial charge < -0.3 is 10.6 Å². The van der Waals surface area contributed by atoms with E-state index in [0.717, 1.165) is 13.0 Å². The molecule has 1 amide bonds. The molecule has 3 nitrogen and oxygen atoms in total. The number of allylic oxidation sites excluding steroid dienone is 2. The van der Waals surface area contributed by atoms with Crippen molar-refractivity contribution in [2.75, 3.05) is 20.1 Å². The first-order valence-corrected chi connectivity index (χ1v) is 6.56. The number of carbonyl (C=O) groups excluding carboxylic acids is 1. The van der Waals surface area contributed by atoms with E-state index < -0.39 is 0 Å². The zero-order valence-electron chi connectivity index (χ0n) is 11.1. The van der Waals surface area contributed by atoms with Gasteiger partial charge in [-0.3, -0.25) is 4.79 Å². The number of rotatable bonds is 4. The maximum atomic E-state index is 12.4. The van der Waals surface area contributed by atoms with Gasteiger partial charge in [0.15, 0.2) is 0 Å². The van der Waals surface area contributed by atoms with E-state index in [1.165, 1.54) is 6.42 Å². The predicted molar refractivity (Wildman–Crippen MR) is 69.3 cm³/mol. The van der Waals surface area contributed by atoms with Gasteiger partial charge in [-0.05, 0) is 36.6 Å². The number of hydrogen-bond acceptors (Lipinski definition) is 2. The van der Waals surface area contributed by atoms with E-state index >= 15 is 0 Å². The van der Waals surface area contributed by atoms with E-state index in [0.29, 0.717) is 24.3 Å². The van der Waals surface area contributed by atoms with Crippen molar-refractivity contribution in [3.8, 4) is 0 Å². The molecule has 17 heavy (non-hydrogen) atoms. The lowest BCUT2D eigenvalue weighted by atomic mass is 9.89. The Labute approximate surface area is 104 Å². The van der Waals surface area contributed by atoms with Crippen LogP contribution in [0.25, 0.3) is 0 Å². The average molecular weight is 236 g/mol. The summed E-state index contributed by atoms with van der Waals surface area (Å²) >= 11 is 0. The van der Waals surface area contributed by atoms with Crippen LogP contribution in [0.4, 0.5) is 0 Å². The molecule has 0 saturated heterocycles. The summed E-state index contributed by atoms with van der Waals surface area (Å²) in [7, 11) is 1.91. The topological polar surface area (TPSA) is 46.3 Å². The monoisotopic (exact) mass is 236 g/mol. The lowest BCUT2D eigenvalue weighted by molar-refractivity contribution is -0.136. The summed E-state index contributed by atoms with van der Waals surface area (Å²) in [4.78, 5) is 14.3. The second-order valence-corrected chi connectivity index (χ2v) is 6.45. The van der Waals surface area contributed by atoms with Crippen LogP contribution in [0.3, 0.4) is 0 Å². The zero-order chi connectivity index (χ0) is 12.6. The molecule has 0 aromatic carbocycles. The molecule has 1 saturated carbocycles. The van der Waals surface area contributed by atoms with Crippen LogP contribution < -0.4 is 5.73 Å². The summed E-state index contributed by atoms with van der Waals surface area (Å²) in [5.41, 5.74) is 5.73. The number of nitrogens with zero attached hydrogens (tertiary/aromatic N) is 1. The van der Waals surface area contributed by atoms with Gasteiger partial charge in [0.05, 0.1) is 0 Å². The molecule has 3 unspecified atom stereocenters. The van der Waals surface area contributed by atoms with E-state index in [2.05, 4.69) is 26.0 Å². The quantitative estimate of drug-likeness (QED) is 0.754. The van der Waals surface area contributed by atoms with Crippen molar-refractivity contribution in [1.82, 2.24) is 4.90 Å². The van der Waals surface area contributed by atoms with Crippen LogP contribution >= 0.6 is 0 Å². The van der Waals surface area contributed by atoms with Crippen LogP contribution in [-0.4, -0.2) is 30.9 Å². The molecule has 2 bridgehead atoms. The molecule has 0 aromatic heterocycles. The van der Waals surface area contributed by atoms with Crippen molar-refractivity contribution in [2.45, 2.75) is 26.7 Å². The lowest BCUT2D eigenvalue weighted by Crippen LogP contribution is -2.43. The summed E-state index contributed by atoms with van der Waals surface area (Å²) in [6, 6.07) is 0. The molecule has 0 aliphatic heterocycles. The van der Waals surface area contributed by atoms with Gasteiger partial charge in [0.2, 0.25) is 5.91 Å². The normalized spacial score (nSPS) is 30.9. The Hall–Kier alpha value is -0.830. The fraction of sp³-hybridized carbons (Fsp3) is 0.786. The van der Waals surface area contributed by atoms with Gasteiger partial charge in [0.1, 0.15) is 0 Å². The van der Waals surface area contributed by atoms with Crippen LogP contribution in [0.2, 0.25) is 0 Å². The molecule has 3 heteroatoms. The number of carbonyl (C=O) groups is 1. The van der Waals surface area contributed by atoms with Gasteiger partial charge in [-0.25, -0.2) is 0 Å². The molecule has 1 fully saturated rings. The van der Waals surface area contributed by atoms with E-state index in [-0.39, 0.29) is 11.3 Å². The minimum atomic E-state index is 0.0118. The molecular weight excluding hydrogens is 212 g/mol. The van der Waals surface area contributed by atoms with Gasteiger partial charge >= 0.3 is 0 Å². The summed E-state index contributed by atoms with van der Waals surface area (Å²) in [6.07, 6.45) is 6.74. The number of nitrogens with two attached hydrogens (primary N) is 1. The van der Waals surface area contributed by atoms with Crippen molar-refractivity contribution in [2.24, 2.45) is 28.9 Å². The van der Waals surface area contributed by atoms with E-state index in [9.17, 15) is 4.79 Å². The molecule has 2 aliphatic rings. The minimum Gasteiger partial charge on any atom is -0.345 e. The molecule has 0 aromatic rings. The Morgan fingerprint density at radius 1 is 1.41 bits per heavy atom.